The van der Waals surface area contributed by atoms with Gasteiger partial charge in [0.15, 0.2) is 0 Å². The van der Waals surface area contributed by atoms with Crippen LogP contribution in [-0.4, -0.2) is 5.91 Å². The predicted octanol–water partition coefficient (Wildman–Crippen LogP) is 5.75. The molecule has 0 spiro atoms. The van der Waals surface area contributed by atoms with E-state index >= 15 is 0 Å². The van der Waals surface area contributed by atoms with Crippen molar-refractivity contribution in [1.29, 1.82) is 0 Å². The Morgan fingerprint density at radius 1 is 1.17 bits per heavy atom. The molecule has 2 aromatic carbocycles. The molecule has 120 valence electrons. The van der Waals surface area contributed by atoms with Gasteiger partial charge in [0.05, 0.1) is 5.69 Å². The number of aryl methyl sites for hydroxylation is 2. The van der Waals surface area contributed by atoms with Crippen LogP contribution in [0.3, 0.4) is 0 Å². The van der Waals surface area contributed by atoms with Crippen molar-refractivity contribution < 1.29 is 4.79 Å². The molecular formula is C20H22BrNO. The summed E-state index contributed by atoms with van der Waals surface area (Å²) in [5.74, 6) is -0.132. The van der Waals surface area contributed by atoms with Crippen LogP contribution in [0.15, 0.2) is 53.0 Å². The zero-order chi connectivity index (χ0) is 16.7. The van der Waals surface area contributed by atoms with Crippen LogP contribution in [0.5, 0.6) is 0 Å². The highest BCUT2D eigenvalue weighted by Gasteiger charge is 2.04. The molecule has 2 rings (SSSR count). The molecule has 0 aliphatic carbocycles. The van der Waals surface area contributed by atoms with E-state index < -0.39 is 0 Å². The molecule has 0 aliphatic heterocycles. The Morgan fingerprint density at radius 2 is 1.91 bits per heavy atom. The van der Waals surface area contributed by atoms with Crippen LogP contribution in [-0.2, 0) is 11.2 Å². The number of carbonyl (C=O) groups excluding carboxylic acids is 1. The summed E-state index contributed by atoms with van der Waals surface area (Å²) in [6, 6.07) is 14.2. The van der Waals surface area contributed by atoms with Crippen molar-refractivity contribution in [3.05, 3.63) is 69.7 Å². The first kappa shape index (κ1) is 17.5. The number of hydrogen-bond donors (Lipinski definition) is 1. The molecule has 0 saturated carbocycles. The van der Waals surface area contributed by atoms with Crippen LogP contribution in [0, 0.1) is 6.92 Å². The maximum Gasteiger partial charge on any atom is 0.248 e. The van der Waals surface area contributed by atoms with Crippen molar-refractivity contribution in [2.24, 2.45) is 0 Å². The van der Waals surface area contributed by atoms with Crippen LogP contribution < -0.4 is 5.32 Å². The predicted molar refractivity (Wildman–Crippen MR) is 102 cm³/mol. The number of benzene rings is 2. The SMILES string of the molecule is CCCCc1ccc(NC(=O)/C=C/c2ccc(C)cc2)c(Br)c1. The molecule has 0 saturated heterocycles. The summed E-state index contributed by atoms with van der Waals surface area (Å²) >= 11 is 3.53. The first-order chi connectivity index (χ1) is 11.1. The highest BCUT2D eigenvalue weighted by Crippen LogP contribution is 2.24. The molecule has 2 aromatic rings. The second-order valence-corrected chi connectivity index (χ2v) is 6.51. The maximum atomic E-state index is 12.0. The van der Waals surface area contributed by atoms with E-state index in [1.54, 1.807) is 6.08 Å². The summed E-state index contributed by atoms with van der Waals surface area (Å²) < 4.78 is 0.920. The minimum absolute atomic E-state index is 0.132. The average molecular weight is 372 g/mol. The van der Waals surface area contributed by atoms with E-state index in [-0.39, 0.29) is 5.91 Å². The van der Waals surface area contributed by atoms with Crippen LogP contribution >= 0.6 is 15.9 Å². The Labute approximate surface area is 146 Å². The molecule has 0 aromatic heterocycles. The van der Waals surface area contributed by atoms with Gasteiger partial charge in [-0.25, -0.2) is 0 Å². The zero-order valence-corrected chi connectivity index (χ0v) is 15.2. The second-order valence-electron chi connectivity index (χ2n) is 5.65. The van der Waals surface area contributed by atoms with Gasteiger partial charge < -0.3 is 5.32 Å². The lowest BCUT2D eigenvalue weighted by Gasteiger charge is -2.08. The fourth-order valence-electron chi connectivity index (χ4n) is 2.22. The van der Waals surface area contributed by atoms with Gasteiger partial charge in [-0.3, -0.25) is 4.79 Å². The van der Waals surface area contributed by atoms with Gasteiger partial charge >= 0.3 is 0 Å². The molecule has 0 fully saturated rings. The Balaban J connectivity index is 1.98. The first-order valence-corrected chi connectivity index (χ1v) is 8.72. The van der Waals surface area contributed by atoms with Gasteiger partial charge in [-0.15, -0.1) is 0 Å². The fourth-order valence-corrected chi connectivity index (χ4v) is 2.75. The molecule has 0 radical (unpaired) electrons. The van der Waals surface area contributed by atoms with Gasteiger partial charge in [0.2, 0.25) is 5.91 Å². The van der Waals surface area contributed by atoms with Gasteiger partial charge in [0.1, 0.15) is 0 Å². The number of rotatable bonds is 6. The van der Waals surface area contributed by atoms with Gasteiger partial charge in [-0.05, 0) is 65.0 Å². The molecule has 1 amide bonds. The lowest BCUT2D eigenvalue weighted by molar-refractivity contribution is -0.111. The summed E-state index contributed by atoms with van der Waals surface area (Å²) in [4.78, 5) is 12.0. The lowest BCUT2D eigenvalue weighted by Crippen LogP contribution is -2.08. The minimum atomic E-state index is -0.132. The smallest absolute Gasteiger partial charge is 0.248 e. The summed E-state index contributed by atoms with van der Waals surface area (Å²) in [5, 5.41) is 2.90. The van der Waals surface area contributed by atoms with E-state index in [9.17, 15) is 4.79 Å². The van der Waals surface area contributed by atoms with E-state index in [0.29, 0.717) is 0 Å². The Hall–Kier alpha value is -1.87. The summed E-state index contributed by atoms with van der Waals surface area (Å²) in [6.45, 7) is 4.23. The highest BCUT2D eigenvalue weighted by molar-refractivity contribution is 9.10. The number of unbranched alkanes of at least 4 members (excludes halogenated alkanes) is 1. The van der Waals surface area contributed by atoms with Gasteiger partial charge in [-0.2, -0.15) is 0 Å². The van der Waals surface area contributed by atoms with Crippen molar-refractivity contribution in [2.75, 3.05) is 5.32 Å². The van der Waals surface area contributed by atoms with Crippen molar-refractivity contribution in [3.63, 3.8) is 0 Å². The molecule has 0 bridgehead atoms. The molecular weight excluding hydrogens is 350 g/mol. The van der Waals surface area contributed by atoms with Gasteiger partial charge in [0, 0.05) is 10.5 Å². The van der Waals surface area contributed by atoms with Crippen molar-refractivity contribution in [1.82, 2.24) is 0 Å². The van der Waals surface area contributed by atoms with Crippen LogP contribution in [0.1, 0.15) is 36.5 Å². The van der Waals surface area contributed by atoms with E-state index in [1.165, 1.54) is 24.0 Å². The Morgan fingerprint density at radius 3 is 2.57 bits per heavy atom. The highest BCUT2D eigenvalue weighted by atomic mass is 79.9. The average Bonchev–Trinajstić information content (AvgIpc) is 2.54. The van der Waals surface area contributed by atoms with E-state index in [0.717, 1.165) is 22.1 Å². The molecule has 1 N–H and O–H groups in total. The van der Waals surface area contributed by atoms with Crippen molar-refractivity contribution in [3.8, 4) is 0 Å². The minimum Gasteiger partial charge on any atom is -0.321 e. The topological polar surface area (TPSA) is 29.1 Å². The van der Waals surface area contributed by atoms with E-state index in [1.807, 2.05) is 43.3 Å². The molecule has 23 heavy (non-hydrogen) atoms. The van der Waals surface area contributed by atoms with E-state index in [4.69, 9.17) is 0 Å². The second kappa shape index (κ2) is 8.68. The third-order valence-electron chi connectivity index (χ3n) is 3.61. The van der Waals surface area contributed by atoms with Gasteiger partial charge in [0.25, 0.3) is 0 Å². The summed E-state index contributed by atoms with van der Waals surface area (Å²) in [5.41, 5.74) is 4.30. The number of nitrogens with one attached hydrogen (secondary N) is 1. The molecule has 0 unspecified atom stereocenters. The summed E-state index contributed by atoms with van der Waals surface area (Å²) in [6.07, 6.45) is 6.80. The third-order valence-corrected chi connectivity index (χ3v) is 4.27. The van der Waals surface area contributed by atoms with E-state index in [2.05, 4.69) is 40.3 Å². The third kappa shape index (κ3) is 5.68. The first-order valence-electron chi connectivity index (χ1n) is 7.92. The molecule has 0 atom stereocenters. The van der Waals surface area contributed by atoms with Crippen molar-refractivity contribution >= 4 is 33.6 Å². The molecule has 2 nitrogen and oxygen atoms in total. The number of anilines is 1. The maximum absolute atomic E-state index is 12.0. The molecule has 0 heterocycles. The number of amides is 1. The fraction of sp³-hybridized carbons (Fsp3) is 0.250. The van der Waals surface area contributed by atoms with Crippen molar-refractivity contribution in [2.45, 2.75) is 33.1 Å². The van der Waals surface area contributed by atoms with Crippen LogP contribution in [0.4, 0.5) is 5.69 Å². The number of halogens is 1. The normalized spacial score (nSPS) is 10.9. The van der Waals surface area contributed by atoms with Gasteiger partial charge in [-0.1, -0.05) is 49.2 Å². The lowest BCUT2D eigenvalue weighted by atomic mass is 10.1. The number of carbonyl (C=O) groups is 1. The summed E-state index contributed by atoms with van der Waals surface area (Å²) in [7, 11) is 0. The largest absolute Gasteiger partial charge is 0.321 e. The zero-order valence-electron chi connectivity index (χ0n) is 13.6. The quantitative estimate of drug-likeness (QED) is 0.643. The van der Waals surface area contributed by atoms with Crippen LogP contribution in [0.25, 0.3) is 6.08 Å². The Kier molecular flexibility index (Phi) is 6.60. The monoisotopic (exact) mass is 371 g/mol. The van der Waals surface area contributed by atoms with Crippen LogP contribution in [0.2, 0.25) is 0 Å². The Bertz CT molecular complexity index is 689. The standard InChI is InChI=1S/C20H22BrNO/c1-3-4-5-17-10-12-19(18(21)14-17)22-20(23)13-11-16-8-6-15(2)7-9-16/h6-14H,3-5H2,1-2H3,(H,22,23)/b13-11+. The molecule has 0 aliphatic rings. The number of hydrogen-bond acceptors (Lipinski definition) is 1. The molecule has 3 heteroatoms.